The fourth-order valence-electron chi connectivity index (χ4n) is 2.49. The van der Waals surface area contributed by atoms with E-state index in [1.54, 1.807) is 25.1 Å². The van der Waals surface area contributed by atoms with Gasteiger partial charge in [0.2, 0.25) is 0 Å². The first-order chi connectivity index (χ1) is 9.99. The maximum Gasteiger partial charge on any atom is 0.338 e. The van der Waals surface area contributed by atoms with Crippen molar-refractivity contribution >= 4 is 17.7 Å². The Labute approximate surface area is 123 Å². The predicted molar refractivity (Wildman–Crippen MR) is 78.7 cm³/mol. The second kappa shape index (κ2) is 6.58. The summed E-state index contributed by atoms with van der Waals surface area (Å²) < 4.78 is 5.43. The van der Waals surface area contributed by atoms with Crippen LogP contribution in [-0.4, -0.2) is 36.4 Å². The molecule has 1 aromatic carbocycles. The fraction of sp³-hybridized carbons (Fsp3) is 0.467. The number of anilines is 1. The van der Waals surface area contributed by atoms with Crippen LogP contribution in [-0.2, 0) is 4.74 Å². The number of amides is 2. The van der Waals surface area contributed by atoms with E-state index in [0.29, 0.717) is 23.7 Å². The number of rotatable bonds is 4. The molecule has 1 saturated heterocycles. The van der Waals surface area contributed by atoms with Gasteiger partial charge in [-0.3, -0.25) is 0 Å². The number of benzene rings is 1. The Morgan fingerprint density at radius 3 is 2.81 bits per heavy atom. The van der Waals surface area contributed by atoms with Crippen molar-refractivity contribution in [1.82, 2.24) is 5.32 Å². The Kier molecular flexibility index (Phi) is 4.80. The number of carboxylic acid groups (broad SMARTS) is 1. The Balaban J connectivity index is 1.97. The number of urea groups is 1. The zero-order valence-corrected chi connectivity index (χ0v) is 12.2. The van der Waals surface area contributed by atoms with Crippen LogP contribution in [0.15, 0.2) is 18.2 Å². The van der Waals surface area contributed by atoms with E-state index < -0.39 is 12.0 Å². The topological polar surface area (TPSA) is 87.7 Å². The molecule has 1 aliphatic rings. The highest BCUT2D eigenvalue weighted by molar-refractivity contribution is 6.01. The summed E-state index contributed by atoms with van der Waals surface area (Å²) in [5, 5.41) is 14.6. The number of hydrogen-bond acceptors (Lipinski definition) is 3. The van der Waals surface area contributed by atoms with E-state index >= 15 is 0 Å². The summed E-state index contributed by atoms with van der Waals surface area (Å²) in [4.78, 5) is 23.2. The number of hydrogen-bond donors (Lipinski definition) is 3. The molecule has 1 aliphatic heterocycles. The third-order valence-corrected chi connectivity index (χ3v) is 3.79. The standard InChI is InChI=1S/C15H20N2O4/c1-9-4-3-5-12(13(9)14(18)19)17-15(20)16-8-11-6-7-21-10(11)2/h3-5,10-11H,6-8H2,1-2H3,(H,18,19)(H2,16,17,20). The molecule has 1 heterocycles. The molecule has 21 heavy (non-hydrogen) atoms. The van der Waals surface area contributed by atoms with Crippen LogP contribution < -0.4 is 10.6 Å². The average molecular weight is 292 g/mol. The maximum atomic E-state index is 11.9. The van der Waals surface area contributed by atoms with Gasteiger partial charge in [0.1, 0.15) is 0 Å². The van der Waals surface area contributed by atoms with Gasteiger partial charge < -0.3 is 20.5 Å². The summed E-state index contributed by atoms with van der Waals surface area (Å²) in [6.45, 7) is 4.92. The quantitative estimate of drug-likeness (QED) is 0.794. The van der Waals surface area contributed by atoms with Crippen molar-refractivity contribution in [3.63, 3.8) is 0 Å². The average Bonchev–Trinajstić information content (AvgIpc) is 2.81. The minimum Gasteiger partial charge on any atom is -0.478 e. The highest BCUT2D eigenvalue weighted by Crippen LogP contribution is 2.21. The normalized spacial score (nSPS) is 21.0. The Hall–Kier alpha value is -2.08. The maximum absolute atomic E-state index is 11.9. The molecule has 3 N–H and O–H groups in total. The van der Waals surface area contributed by atoms with Crippen molar-refractivity contribution in [2.24, 2.45) is 5.92 Å². The lowest BCUT2D eigenvalue weighted by molar-refractivity contribution is 0.0697. The van der Waals surface area contributed by atoms with E-state index in [0.717, 1.165) is 13.0 Å². The minimum atomic E-state index is -1.05. The minimum absolute atomic E-state index is 0.116. The zero-order chi connectivity index (χ0) is 15.4. The molecule has 0 radical (unpaired) electrons. The Morgan fingerprint density at radius 2 is 2.19 bits per heavy atom. The first kappa shape index (κ1) is 15.3. The third-order valence-electron chi connectivity index (χ3n) is 3.79. The number of aromatic carboxylic acids is 1. The summed E-state index contributed by atoms with van der Waals surface area (Å²) in [5.41, 5.74) is 1.03. The van der Waals surface area contributed by atoms with E-state index in [1.807, 2.05) is 6.92 Å². The van der Waals surface area contributed by atoms with Crippen LogP contribution in [0.5, 0.6) is 0 Å². The van der Waals surface area contributed by atoms with Crippen LogP contribution in [0, 0.1) is 12.8 Å². The first-order valence-corrected chi connectivity index (χ1v) is 6.98. The van der Waals surface area contributed by atoms with E-state index in [1.165, 1.54) is 0 Å². The van der Waals surface area contributed by atoms with E-state index in [9.17, 15) is 14.7 Å². The number of nitrogens with one attached hydrogen (secondary N) is 2. The summed E-state index contributed by atoms with van der Waals surface area (Å²) in [6.07, 6.45) is 1.06. The molecule has 0 aromatic heterocycles. The van der Waals surface area contributed by atoms with Crippen LogP contribution in [0.1, 0.15) is 29.3 Å². The van der Waals surface area contributed by atoms with Gasteiger partial charge in [-0.05, 0) is 31.9 Å². The fourth-order valence-corrected chi connectivity index (χ4v) is 2.49. The second-order valence-corrected chi connectivity index (χ2v) is 5.26. The molecule has 114 valence electrons. The third kappa shape index (κ3) is 3.72. The van der Waals surface area contributed by atoms with Crippen molar-refractivity contribution < 1.29 is 19.4 Å². The van der Waals surface area contributed by atoms with Crippen molar-refractivity contribution in [1.29, 1.82) is 0 Å². The summed E-state index contributed by atoms with van der Waals surface area (Å²) in [6, 6.07) is 4.59. The number of aryl methyl sites for hydroxylation is 1. The van der Waals surface area contributed by atoms with Gasteiger partial charge in [-0.1, -0.05) is 12.1 Å². The van der Waals surface area contributed by atoms with Crippen molar-refractivity contribution in [2.75, 3.05) is 18.5 Å². The predicted octanol–water partition coefficient (Wildman–Crippen LogP) is 2.24. The largest absolute Gasteiger partial charge is 0.478 e. The van der Waals surface area contributed by atoms with Gasteiger partial charge >= 0.3 is 12.0 Å². The van der Waals surface area contributed by atoms with Crippen LogP contribution in [0.2, 0.25) is 0 Å². The van der Waals surface area contributed by atoms with Crippen molar-refractivity contribution in [3.05, 3.63) is 29.3 Å². The van der Waals surface area contributed by atoms with Gasteiger partial charge in [-0.15, -0.1) is 0 Å². The molecular weight excluding hydrogens is 272 g/mol. The van der Waals surface area contributed by atoms with E-state index in [4.69, 9.17) is 4.74 Å². The highest BCUT2D eigenvalue weighted by Gasteiger charge is 2.24. The lowest BCUT2D eigenvalue weighted by Gasteiger charge is -2.16. The smallest absolute Gasteiger partial charge is 0.338 e. The van der Waals surface area contributed by atoms with E-state index in [-0.39, 0.29) is 11.7 Å². The van der Waals surface area contributed by atoms with Gasteiger partial charge in [-0.2, -0.15) is 0 Å². The lowest BCUT2D eigenvalue weighted by atomic mass is 10.0. The van der Waals surface area contributed by atoms with Gasteiger partial charge in [0, 0.05) is 19.1 Å². The number of ether oxygens (including phenoxy) is 1. The first-order valence-electron chi connectivity index (χ1n) is 6.98. The molecule has 6 heteroatoms. The molecular formula is C15H20N2O4. The number of carbonyl (C=O) groups excluding carboxylic acids is 1. The highest BCUT2D eigenvalue weighted by atomic mass is 16.5. The lowest BCUT2D eigenvalue weighted by Crippen LogP contribution is -2.35. The number of carbonyl (C=O) groups is 2. The molecule has 2 amide bonds. The zero-order valence-electron chi connectivity index (χ0n) is 12.2. The van der Waals surface area contributed by atoms with Crippen LogP contribution >= 0.6 is 0 Å². The SMILES string of the molecule is Cc1cccc(NC(=O)NCC2CCOC2C)c1C(=O)O. The molecule has 0 aliphatic carbocycles. The summed E-state index contributed by atoms with van der Waals surface area (Å²) >= 11 is 0. The van der Waals surface area contributed by atoms with Gasteiger partial charge in [-0.25, -0.2) is 9.59 Å². The van der Waals surface area contributed by atoms with Crippen LogP contribution in [0.25, 0.3) is 0 Å². The van der Waals surface area contributed by atoms with Crippen molar-refractivity contribution in [2.45, 2.75) is 26.4 Å². The Morgan fingerprint density at radius 1 is 1.43 bits per heavy atom. The molecule has 6 nitrogen and oxygen atoms in total. The molecule has 1 aromatic rings. The molecule has 0 saturated carbocycles. The molecule has 1 fully saturated rings. The van der Waals surface area contributed by atoms with Gasteiger partial charge in [0.15, 0.2) is 0 Å². The van der Waals surface area contributed by atoms with Crippen LogP contribution in [0.4, 0.5) is 10.5 Å². The van der Waals surface area contributed by atoms with Crippen LogP contribution in [0.3, 0.4) is 0 Å². The molecule has 2 rings (SSSR count). The molecule has 2 unspecified atom stereocenters. The second-order valence-electron chi connectivity index (χ2n) is 5.26. The van der Waals surface area contributed by atoms with E-state index in [2.05, 4.69) is 10.6 Å². The van der Waals surface area contributed by atoms with Crippen molar-refractivity contribution in [3.8, 4) is 0 Å². The molecule has 0 bridgehead atoms. The summed E-state index contributed by atoms with van der Waals surface area (Å²) in [5.74, 6) is -0.756. The number of carboxylic acids is 1. The Bertz CT molecular complexity index is 544. The molecule has 0 spiro atoms. The monoisotopic (exact) mass is 292 g/mol. The summed E-state index contributed by atoms with van der Waals surface area (Å²) in [7, 11) is 0. The van der Waals surface area contributed by atoms with Gasteiger partial charge in [0.05, 0.1) is 17.4 Å². The molecule has 2 atom stereocenters. The van der Waals surface area contributed by atoms with Gasteiger partial charge in [0.25, 0.3) is 0 Å².